The van der Waals surface area contributed by atoms with Gasteiger partial charge in [-0.1, -0.05) is 104 Å². The number of piperidine rings is 1. The molecular formula is C59H90N6O13. The molecule has 9 N–H and O–H groups in total. The molecule has 1 aromatic heterocycles. The molecule has 3 saturated heterocycles. The lowest BCUT2D eigenvalue weighted by Gasteiger charge is -2.56. The van der Waals surface area contributed by atoms with Crippen LogP contribution in [0.4, 0.5) is 0 Å². The second kappa shape index (κ2) is 29.2. The van der Waals surface area contributed by atoms with Crippen LogP contribution in [0.25, 0.3) is 0 Å². The number of carbonyl (C=O) groups is 6. The first-order valence-electron chi connectivity index (χ1n) is 28.3. The van der Waals surface area contributed by atoms with Crippen molar-refractivity contribution in [2.45, 2.75) is 200 Å². The van der Waals surface area contributed by atoms with Crippen LogP contribution in [-0.4, -0.2) is 133 Å². The summed E-state index contributed by atoms with van der Waals surface area (Å²) in [6, 6.07) is 0.970. The van der Waals surface area contributed by atoms with E-state index >= 15 is 0 Å². The van der Waals surface area contributed by atoms with Gasteiger partial charge in [-0.05, 0) is 82.3 Å². The van der Waals surface area contributed by atoms with Crippen molar-refractivity contribution in [3.8, 4) is 0 Å². The molecule has 2 bridgehead atoms. The van der Waals surface area contributed by atoms with Crippen LogP contribution in [0.3, 0.4) is 0 Å². The van der Waals surface area contributed by atoms with Gasteiger partial charge in [-0.15, -0.1) is 0 Å². The molecule has 78 heavy (non-hydrogen) atoms. The number of pyridine rings is 1. The highest BCUT2D eigenvalue weighted by molar-refractivity contribution is 5.93. The van der Waals surface area contributed by atoms with Crippen LogP contribution in [0.5, 0.6) is 0 Å². The highest BCUT2D eigenvalue weighted by Crippen LogP contribution is 2.46. The summed E-state index contributed by atoms with van der Waals surface area (Å²) >= 11 is 0. The monoisotopic (exact) mass is 1090 g/mol. The second-order valence-electron chi connectivity index (χ2n) is 23.0. The average molecular weight is 1090 g/mol. The molecule has 4 aliphatic heterocycles. The van der Waals surface area contributed by atoms with Crippen molar-refractivity contribution in [3.63, 3.8) is 0 Å². The number of Topliss-reactive ketones (excluding diaryl/α,β-unsaturated/α-hetero) is 1. The molecule has 17 atom stereocenters. The molecule has 19 nitrogen and oxygen atoms in total. The van der Waals surface area contributed by atoms with Crippen LogP contribution in [0.1, 0.15) is 139 Å². The number of hydrogen-bond acceptors (Lipinski definition) is 14. The molecule has 0 saturated carbocycles. The topological polar surface area (TPSA) is 286 Å². The molecule has 3 fully saturated rings. The number of aromatic amines is 1. The Bertz CT molecular complexity index is 2400. The van der Waals surface area contributed by atoms with E-state index in [2.05, 4.69) is 33.3 Å². The number of hydrazine groups is 1. The van der Waals surface area contributed by atoms with Gasteiger partial charge < -0.3 is 55.6 Å². The number of ketones is 1. The number of esters is 1. The van der Waals surface area contributed by atoms with E-state index in [0.717, 1.165) is 6.42 Å². The van der Waals surface area contributed by atoms with E-state index in [1.165, 1.54) is 30.1 Å². The lowest BCUT2D eigenvalue weighted by molar-refractivity contribution is -0.267. The van der Waals surface area contributed by atoms with E-state index in [9.17, 15) is 54.0 Å². The summed E-state index contributed by atoms with van der Waals surface area (Å²) in [5.74, 6) is -6.44. The molecule has 1 aromatic rings. The van der Waals surface area contributed by atoms with Crippen molar-refractivity contribution >= 4 is 35.4 Å². The highest BCUT2D eigenvalue weighted by atomic mass is 16.5. The number of nitrogens with one attached hydrogen (secondary N) is 5. The lowest BCUT2D eigenvalue weighted by Crippen LogP contribution is -2.71. The molecule has 5 rings (SSSR count). The third kappa shape index (κ3) is 16.6. The number of hydrogen-bond donors (Lipinski definition) is 9. The van der Waals surface area contributed by atoms with Crippen molar-refractivity contribution < 1.29 is 58.7 Å². The van der Waals surface area contributed by atoms with Gasteiger partial charge in [0.1, 0.15) is 35.7 Å². The maximum atomic E-state index is 14.5. The number of aliphatic hydroxyl groups is 4. The third-order valence-corrected chi connectivity index (χ3v) is 16.8. The average Bonchev–Trinajstić information content (AvgIpc) is 3.51. The van der Waals surface area contributed by atoms with Crippen LogP contribution in [-0.2, 0) is 44.7 Å². The lowest BCUT2D eigenvalue weighted by atomic mass is 9.69. The fraction of sp³-hybridized carbons (Fsp3) is 0.678. The van der Waals surface area contributed by atoms with Gasteiger partial charge in [-0.2, -0.15) is 0 Å². The minimum Gasteiger partial charge on any atom is -0.456 e. The largest absolute Gasteiger partial charge is 0.456 e. The fourth-order valence-electron chi connectivity index (χ4n) is 11.2. The van der Waals surface area contributed by atoms with E-state index < -0.39 is 107 Å². The van der Waals surface area contributed by atoms with Crippen LogP contribution in [0, 0.1) is 47.3 Å². The summed E-state index contributed by atoms with van der Waals surface area (Å²) in [6.45, 7) is 18.2. The summed E-state index contributed by atoms with van der Waals surface area (Å²) in [5.41, 5.74) is 2.62. The number of fused-ring (bicyclic) bond motifs is 2. The van der Waals surface area contributed by atoms with Crippen molar-refractivity contribution in [2.24, 2.45) is 47.3 Å². The van der Waals surface area contributed by atoms with Crippen molar-refractivity contribution in [2.75, 3.05) is 6.54 Å². The molecular weight excluding hydrogens is 1000 g/mol. The maximum absolute atomic E-state index is 14.5. The van der Waals surface area contributed by atoms with Gasteiger partial charge in [0, 0.05) is 73.6 Å². The summed E-state index contributed by atoms with van der Waals surface area (Å²) in [4.78, 5) is 97.1. The van der Waals surface area contributed by atoms with Crippen molar-refractivity contribution in [1.29, 1.82) is 0 Å². The van der Waals surface area contributed by atoms with E-state index in [1.807, 2.05) is 52.8 Å². The Hall–Kier alpha value is -5.31. The summed E-state index contributed by atoms with van der Waals surface area (Å²) < 4.78 is 12.9. The third-order valence-electron chi connectivity index (χ3n) is 16.8. The normalized spacial score (nSPS) is 34.9. The van der Waals surface area contributed by atoms with Crippen LogP contribution < -0.4 is 26.9 Å². The quantitative estimate of drug-likeness (QED) is 0.0871. The molecule has 4 aliphatic rings. The first-order valence-corrected chi connectivity index (χ1v) is 28.3. The number of carbonyl (C=O) groups excluding carboxylic acids is 6. The number of amides is 4. The number of cyclic esters (lactones) is 1. The zero-order valence-corrected chi connectivity index (χ0v) is 47.5. The molecule has 1 unspecified atom stereocenters. The minimum atomic E-state index is -1.44. The van der Waals surface area contributed by atoms with Gasteiger partial charge >= 0.3 is 5.97 Å². The van der Waals surface area contributed by atoms with Crippen molar-refractivity contribution in [3.05, 3.63) is 82.4 Å². The van der Waals surface area contributed by atoms with Gasteiger partial charge in [0.2, 0.25) is 23.3 Å². The maximum Gasteiger partial charge on any atom is 0.325 e. The zero-order valence-electron chi connectivity index (χ0n) is 47.5. The number of aliphatic hydroxyl groups excluding tert-OH is 4. The SMILES string of the molecule is CC[C@H]1C[C@H](C)[C@@]2(NC1=O)O[C@@H](C[C@H](O)[C@@H](C)CC/C=C/C=C(\C)[C@@H]1C/C=C/C=C/[C@H](O)[C@H](C)[C@@H](O)[C@@H](CCC(C)=O)C(=O)N[C@@H](C(C)C)C(=O)N[C@@H](Cc3cccc(=O)[nH]3)C(=O)N3CCCC(N3)C(=O)O1)[C@H](C)[C@H](O)[C@@H]2C. The van der Waals surface area contributed by atoms with Gasteiger partial charge in [0.25, 0.3) is 5.91 Å². The standard InChI is InChI=1S/C59H90N6O13/c1-11-41-30-36(6)59(63-54(41)72)40(10)52(70)39(9)49(78-59)32-47(68)34(4)20-14-12-15-21-35(5)48-25-17-13-16-24-46(67)38(8)53(71)43(28-27-37(7)66)55(73)62-51(33(2)3)56(74)61-45(31-42-22-18-26-50(69)60-42)57(75)65-29-19-23-44(64-65)58(76)77-48/h12-13,15-18,21-22,24,26,33-34,36,38-41,43-49,51-53,64,67-68,70-71H,11,14,19-20,23,25,27-32H2,1-10H3,(H,60,69)(H,61,74)(H,62,73)(H,63,72)/b15-12+,17-13+,24-16+,35-21+/t34-,36-,38-,39-,40-,41-,43+,44?,45-,46-,47-,48-,49-,51-,52-,53+,59+/m0/s1. The Labute approximate surface area is 460 Å². The molecule has 0 aliphatic carbocycles. The van der Waals surface area contributed by atoms with E-state index in [0.29, 0.717) is 49.8 Å². The zero-order chi connectivity index (χ0) is 57.6. The van der Waals surface area contributed by atoms with Crippen molar-refractivity contribution in [1.82, 2.24) is 31.4 Å². The Morgan fingerprint density at radius 2 is 1.67 bits per heavy atom. The molecule has 1 spiro atoms. The molecule has 19 heteroatoms. The van der Waals surface area contributed by atoms with Crippen LogP contribution in [0.15, 0.2) is 71.1 Å². The Morgan fingerprint density at radius 1 is 0.936 bits per heavy atom. The predicted octanol–water partition coefficient (Wildman–Crippen LogP) is 4.39. The minimum absolute atomic E-state index is 0.0278. The molecule has 0 aromatic carbocycles. The van der Waals surface area contributed by atoms with Gasteiger partial charge in [0.15, 0.2) is 0 Å². The van der Waals surface area contributed by atoms with Crippen LogP contribution in [0.2, 0.25) is 0 Å². The van der Waals surface area contributed by atoms with E-state index in [4.69, 9.17) is 9.47 Å². The number of H-pyrrole nitrogens is 1. The predicted molar refractivity (Wildman–Crippen MR) is 294 cm³/mol. The molecule has 434 valence electrons. The van der Waals surface area contributed by atoms with Gasteiger partial charge in [0.05, 0.1) is 36.4 Å². The van der Waals surface area contributed by atoms with Gasteiger partial charge in [-0.25, -0.2) is 5.43 Å². The first kappa shape index (κ1) is 63.5. The van der Waals surface area contributed by atoms with Crippen LogP contribution >= 0.6 is 0 Å². The Morgan fingerprint density at radius 3 is 2.35 bits per heavy atom. The van der Waals surface area contributed by atoms with E-state index in [1.54, 1.807) is 45.1 Å². The summed E-state index contributed by atoms with van der Waals surface area (Å²) in [7, 11) is 0. The smallest absolute Gasteiger partial charge is 0.325 e. The molecule has 5 heterocycles. The number of rotatable bonds is 15. The Kier molecular flexibility index (Phi) is 23.8. The van der Waals surface area contributed by atoms with Gasteiger partial charge in [-0.3, -0.25) is 33.8 Å². The first-order chi connectivity index (χ1) is 36.9. The summed E-state index contributed by atoms with van der Waals surface area (Å²) in [5, 5.41) is 55.7. The Balaban J connectivity index is 1.35. The fourth-order valence-corrected chi connectivity index (χ4v) is 11.2. The van der Waals surface area contributed by atoms with E-state index in [-0.39, 0.29) is 73.5 Å². The number of aromatic nitrogens is 1. The number of allylic oxidation sites excluding steroid dienone is 5. The molecule has 4 amide bonds. The number of nitrogens with zero attached hydrogens (tertiary/aromatic N) is 1. The number of ether oxygens (including phenoxy) is 2. The second-order valence-corrected chi connectivity index (χ2v) is 23.0. The molecule has 0 radical (unpaired) electrons. The highest BCUT2D eigenvalue weighted by Gasteiger charge is 2.57. The summed E-state index contributed by atoms with van der Waals surface area (Å²) in [6.07, 6.45) is 10.4.